The van der Waals surface area contributed by atoms with Crippen LogP contribution < -0.4 is 0 Å². The fourth-order valence-electron chi connectivity index (χ4n) is 2.89. The Labute approximate surface area is 175 Å². The molecule has 0 radical (unpaired) electrons. The Hall–Kier alpha value is -3.23. The number of aromatic nitrogens is 5. The summed E-state index contributed by atoms with van der Waals surface area (Å²) in [5, 5.41) is 11.7. The highest BCUT2D eigenvalue weighted by Gasteiger charge is 2.17. The van der Waals surface area contributed by atoms with Crippen molar-refractivity contribution >= 4 is 23.1 Å². The van der Waals surface area contributed by atoms with Gasteiger partial charge in [-0.3, -0.25) is 9.55 Å². The van der Waals surface area contributed by atoms with Crippen LogP contribution in [0.2, 0.25) is 0 Å². The average molecular weight is 418 g/mol. The molecule has 8 heteroatoms. The summed E-state index contributed by atoms with van der Waals surface area (Å²) in [5.41, 5.74) is 2.84. The fourth-order valence-corrected chi connectivity index (χ4v) is 4.37. The monoisotopic (exact) mass is 417 g/mol. The highest BCUT2D eigenvalue weighted by molar-refractivity contribution is 7.98. The van der Waals surface area contributed by atoms with Gasteiger partial charge in [0.2, 0.25) is 5.89 Å². The Morgan fingerprint density at radius 1 is 0.966 bits per heavy atom. The number of rotatable bonds is 6. The summed E-state index contributed by atoms with van der Waals surface area (Å²) in [5.74, 6) is 2.06. The zero-order valence-corrected chi connectivity index (χ0v) is 16.8. The molecule has 0 fully saturated rings. The van der Waals surface area contributed by atoms with E-state index in [1.807, 2.05) is 60.0 Å². The first-order chi connectivity index (χ1) is 14.4. The van der Waals surface area contributed by atoms with Gasteiger partial charge in [-0.15, -0.1) is 21.5 Å². The number of benzene rings is 1. The number of thiophene rings is 1. The van der Waals surface area contributed by atoms with Gasteiger partial charge in [-0.25, -0.2) is 4.98 Å². The van der Waals surface area contributed by atoms with Crippen LogP contribution in [-0.2, 0) is 5.75 Å². The molecule has 4 heterocycles. The first-order valence-electron chi connectivity index (χ1n) is 8.91. The molecule has 29 heavy (non-hydrogen) atoms. The summed E-state index contributed by atoms with van der Waals surface area (Å²) >= 11 is 3.19. The standard InChI is InChI=1S/C21H15N5OS2/c1-2-5-17(6-3-1)26-19(15-8-10-22-11-9-15)24-25-21(26)29-14-16-13-27-20(23-16)18-7-4-12-28-18/h1-13H,14H2. The number of nitrogens with zero attached hydrogens (tertiary/aromatic N) is 5. The number of hydrogen-bond donors (Lipinski definition) is 0. The molecule has 0 aliphatic carbocycles. The fraction of sp³-hybridized carbons (Fsp3) is 0.0476. The second kappa shape index (κ2) is 8.02. The van der Waals surface area contributed by atoms with Crippen LogP contribution in [0.3, 0.4) is 0 Å². The van der Waals surface area contributed by atoms with Crippen LogP contribution in [0.25, 0.3) is 27.8 Å². The minimum Gasteiger partial charge on any atom is -0.444 e. The molecule has 6 nitrogen and oxygen atoms in total. The van der Waals surface area contributed by atoms with Gasteiger partial charge in [-0.1, -0.05) is 36.0 Å². The summed E-state index contributed by atoms with van der Waals surface area (Å²) in [6.45, 7) is 0. The molecule has 5 aromatic rings. The summed E-state index contributed by atoms with van der Waals surface area (Å²) in [7, 11) is 0. The molecule has 0 unspecified atom stereocenters. The second-order valence-corrected chi connectivity index (χ2v) is 8.01. The highest BCUT2D eigenvalue weighted by Crippen LogP contribution is 2.30. The van der Waals surface area contributed by atoms with Gasteiger partial charge in [0.25, 0.3) is 0 Å². The Morgan fingerprint density at radius 3 is 2.62 bits per heavy atom. The molecule has 142 valence electrons. The Balaban J connectivity index is 1.45. The van der Waals surface area contributed by atoms with Gasteiger partial charge in [0.05, 0.1) is 10.6 Å². The normalized spacial score (nSPS) is 11.0. The van der Waals surface area contributed by atoms with Crippen LogP contribution in [0, 0.1) is 0 Å². The first-order valence-corrected chi connectivity index (χ1v) is 10.8. The van der Waals surface area contributed by atoms with Gasteiger partial charge in [0, 0.05) is 29.4 Å². The van der Waals surface area contributed by atoms with E-state index in [4.69, 9.17) is 4.42 Å². The van der Waals surface area contributed by atoms with Crippen molar-refractivity contribution in [2.75, 3.05) is 0 Å². The third-order valence-corrected chi connectivity index (χ3v) is 6.04. The molecular weight excluding hydrogens is 402 g/mol. The molecule has 0 saturated carbocycles. The Bertz CT molecular complexity index is 1200. The summed E-state index contributed by atoms with van der Waals surface area (Å²) < 4.78 is 7.68. The van der Waals surface area contributed by atoms with Crippen molar-refractivity contribution in [3.05, 3.63) is 84.3 Å². The van der Waals surface area contributed by atoms with Gasteiger partial charge >= 0.3 is 0 Å². The second-order valence-electron chi connectivity index (χ2n) is 6.12. The number of para-hydroxylation sites is 1. The van der Waals surface area contributed by atoms with Crippen molar-refractivity contribution < 1.29 is 4.42 Å². The lowest BCUT2D eigenvalue weighted by molar-refractivity contribution is 0.575. The molecule has 0 amide bonds. The van der Waals surface area contributed by atoms with Gasteiger partial charge in [0.15, 0.2) is 11.0 Å². The van der Waals surface area contributed by atoms with Gasteiger partial charge in [-0.2, -0.15) is 0 Å². The Morgan fingerprint density at radius 2 is 1.83 bits per heavy atom. The molecule has 0 atom stereocenters. The summed E-state index contributed by atoms with van der Waals surface area (Å²) in [6.07, 6.45) is 5.22. The first kappa shape index (κ1) is 17.8. The predicted molar refractivity (Wildman–Crippen MR) is 114 cm³/mol. The SMILES string of the molecule is c1ccc(-n2c(SCc3coc(-c4cccs4)n3)nnc2-c2ccncc2)cc1. The third-order valence-electron chi connectivity index (χ3n) is 4.22. The van der Waals surface area contributed by atoms with Crippen molar-refractivity contribution in [2.24, 2.45) is 0 Å². The van der Waals surface area contributed by atoms with Crippen LogP contribution in [0.5, 0.6) is 0 Å². The smallest absolute Gasteiger partial charge is 0.236 e. The summed E-state index contributed by atoms with van der Waals surface area (Å²) in [4.78, 5) is 9.71. The zero-order chi connectivity index (χ0) is 19.5. The van der Waals surface area contributed by atoms with E-state index in [0.717, 1.165) is 32.8 Å². The minimum atomic E-state index is 0.635. The lowest BCUT2D eigenvalue weighted by Gasteiger charge is -2.09. The quantitative estimate of drug-likeness (QED) is 0.347. The molecule has 0 aliphatic rings. The number of pyridine rings is 1. The number of oxazole rings is 1. The maximum absolute atomic E-state index is 5.62. The minimum absolute atomic E-state index is 0.635. The van der Waals surface area contributed by atoms with Crippen molar-refractivity contribution in [1.82, 2.24) is 24.7 Å². The zero-order valence-electron chi connectivity index (χ0n) is 15.2. The molecule has 0 aliphatic heterocycles. The lowest BCUT2D eigenvalue weighted by atomic mass is 10.2. The predicted octanol–water partition coefficient (Wildman–Crippen LogP) is 5.34. The summed E-state index contributed by atoms with van der Waals surface area (Å²) in [6, 6.07) is 17.9. The van der Waals surface area contributed by atoms with Gasteiger partial charge < -0.3 is 4.42 Å². The van der Waals surface area contributed by atoms with E-state index in [2.05, 4.69) is 24.7 Å². The maximum atomic E-state index is 5.62. The van der Waals surface area contributed by atoms with Crippen LogP contribution in [-0.4, -0.2) is 24.7 Å². The largest absolute Gasteiger partial charge is 0.444 e. The van der Waals surface area contributed by atoms with Crippen LogP contribution in [0.15, 0.2) is 88.2 Å². The van der Waals surface area contributed by atoms with Crippen LogP contribution in [0.1, 0.15) is 5.69 Å². The highest BCUT2D eigenvalue weighted by atomic mass is 32.2. The van der Waals surface area contributed by atoms with Crippen molar-refractivity contribution in [2.45, 2.75) is 10.9 Å². The van der Waals surface area contributed by atoms with E-state index in [-0.39, 0.29) is 0 Å². The molecular formula is C21H15N5OS2. The Kier molecular flexibility index (Phi) is 4.93. The van der Waals surface area contributed by atoms with Gasteiger partial charge in [-0.05, 0) is 35.7 Å². The van der Waals surface area contributed by atoms with E-state index in [0.29, 0.717) is 11.6 Å². The van der Waals surface area contributed by atoms with Crippen molar-refractivity contribution in [3.8, 4) is 27.8 Å². The molecule has 5 rings (SSSR count). The van der Waals surface area contributed by atoms with Crippen LogP contribution >= 0.6 is 23.1 Å². The van der Waals surface area contributed by atoms with Crippen molar-refractivity contribution in [3.63, 3.8) is 0 Å². The number of thioether (sulfide) groups is 1. The molecule has 0 bridgehead atoms. The van der Waals surface area contributed by atoms with E-state index in [1.165, 1.54) is 0 Å². The van der Waals surface area contributed by atoms with Gasteiger partial charge in [0.1, 0.15) is 6.26 Å². The van der Waals surface area contributed by atoms with E-state index < -0.39 is 0 Å². The van der Waals surface area contributed by atoms with E-state index in [1.54, 1.807) is 41.8 Å². The molecule has 0 N–H and O–H groups in total. The molecule has 0 saturated heterocycles. The topological polar surface area (TPSA) is 69.6 Å². The van der Waals surface area contributed by atoms with E-state index in [9.17, 15) is 0 Å². The van der Waals surface area contributed by atoms with E-state index >= 15 is 0 Å². The van der Waals surface area contributed by atoms with Crippen LogP contribution in [0.4, 0.5) is 0 Å². The molecule has 1 aromatic carbocycles. The van der Waals surface area contributed by atoms with Crippen molar-refractivity contribution in [1.29, 1.82) is 0 Å². The average Bonchev–Trinajstić information content (AvgIpc) is 3.54. The number of hydrogen-bond acceptors (Lipinski definition) is 7. The molecule has 4 aromatic heterocycles. The lowest BCUT2D eigenvalue weighted by Crippen LogP contribution is -1.99. The maximum Gasteiger partial charge on any atom is 0.236 e. The molecule has 0 spiro atoms. The third kappa shape index (κ3) is 3.72.